The van der Waals surface area contributed by atoms with Crippen LogP contribution in [0.3, 0.4) is 0 Å². The van der Waals surface area contributed by atoms with E-state index in [1.165, 1.54) is 22.3 Å². The first-order chi connectivity index (χ1) is 19.7. The van der Waals surface area contributed by atoms with Gasteiger partial charge in [-0.05, 0) is 85.6 Å². The molecule has 0 saturated heterocycles. The minimum atomic E-state index is -0.972. The van der Waals surface area contributed by atoms with Gasteiger partial charge in [0.1, 0.15) is 5.60 Å². The fraction of sp³-hybridized carbons (Fsp3) is 0.588. The molecule has 4 aliphatic carbocycles. The lowest BCUT2D eigenvalue weighted by atomic mass is 9.51. The van der Waals surface area contributed by atoms with Gasteiger partial charge in [-0.25, -0.2) is 0 Å². The van der Waals surface area contributed by atoms with Gasteiger partial charge in [0, 0.05) is 48.9 Å². The largest absolute Gasteiger partial charge is 0.377 e. The number of allylic oxidation sites excluding steroid dienone is 4. The maximum atomic E-state index is 12.4. The number of rotatable bonds is 9. The van der Waals surface area contributed by atoms with Gasteiger partial charge in [0.15, 0.2) is 5.78 Å². The Morgan fingerprint density at radius 2 is 1.93 bits per heavy atom. The van der Waals surface area contributed by atoms with Crippen molar-refractivity contribution in [1.82, 2.24) is 10.2 Å². The molecule has 2 fully saturated rings. The number of hydrogen-bond acceptors (Lipinski definition) is 6. The molecule has 0 aliphatic heterocycles. The minimum absolute atomic E-state index is 0.00766. The molecular formula is C34H44N2O3S2. The van der Waals surface area contributed by atoms with Gasteiger partial charge in [-0.2, -0.15) is 25.3 Å². The molecule has 220 valence electrons. The lowest BCUT2D eigenvalue weighted by Crippen LogP contribution is -2.51. The Balaban J connectivity index is 1.47. The van der Waals surface area contributed by atoms with E-state index < -0.39 is 5.60 Å². The number of hydrogen-bond donors (Lipinski definition) is 4. The molecule has 2 saturated carbocycles. The van der Waals surface area contributed by atoms with E-state index in [1.54, 1.807) is 0 Å². The molecule has 0 heterocycles. The van der Waals surface area contributed by atoms with Crippen LogP contribution in [0.1, 0.15) is 75.8 Å². The van der Waals surface area contributed by atoms with Crippen LogP contribution in [0.2, 0.25) is 0 Å². The van der Waals surface area contributed by atoms with Gasteiger partial charge in [0.25, 0.3) is 0 Å². The van der Waals surface area contributed by atoms with Crippen LogP contribution in [0.5, 0.6) is 0 Å². The van der Waals surface area contributed by atoms with Crippen molar-refractivity contribution >= 4 is 36.9 Å². The van der Waals surface area contributed by atoms with E-state index in [0.29, 0.717) is 49.4 Å². The minimum Gasteiger partial charge on any atom is -0.377 e. The van der Waals surface area contributed by atoms with Gasteiger partial charge >= 0.3 is 0 Å². The number of ketones is 1. The van der Waals surface area contributed by atoms with Crippen molar-refractivity contribution in [2.45, 2.75) is 76.9 Å². The second-order valence-corrected chi connectivity index (χ2v) is 13.4. The van der Waals surface area contributed by atoms with E-state index in [0.717, 1.165) is 50.6 Å². The molecule has 0 aromatic heterocycles. The average molecular weight is 593 g/mol. The summed E-state index contributed by atoms with van der Waals surface area (Å²) in [4.78, 5) is 26.8. The molecule has 1 aromatic carbocycles. The molecular weight excluding hydrogens is 549 g/mol. The van der Waals surface area contributed by atoms with Crippen LogP contribution in [-0.2, 0) is 16.1 Å². The van der Waals surface area contributed by atoms with Crippen molar-refractivity contribution in [2.24, 2.45) is 17.3 Å². The fourth-order valence-electron chi connectivity index (χ4n) is 8.30. The molecule has 41 heavy (non-hydrogen) atoms. The number of aliphatic hydroxyl groups is 1. The van der Waals surface area contributed by atoms with Crippen LogP contribution in [0, 0.1) is 29.1 Å². The molecule has 5 rings (SSSR count). The van der Waals surface area contributed by atoms with Crippen LogP contribution in [-0.4, -0.2) is 58.4 Å². The number of benzene rings is 1. The molecule has 0 spiro atoms. The predicted octanol–water partition coefficient (Wildman–Crippen LogP) is 5.12. The highest BCUT2D eigenvalue weighted by Gasteiger charge is 2.62. The van der Waals surface area contributed by atoms with E-state index in [9.17, 15) is 14.7 Å². The summed E-state index contributed by atoms with van der Waals surface area (Å²) in [5.74, 6) is 8.85. The molecule has 0 radical (unpaired) electrons. The molecule has 2 N–H and O–H groups in total. The predicted molar refractivity (Wildman–Crippen MR) is 171 cm³/mol. The van der Waals surface area contributed by atoms with Crippen LogP contribution in [0.15, 0.2) is 47.1 Å². The Bertz CT molecular complexity index is 1290. The number of nitrogens with one attached hydrogen (secondary N) is 1. The summed E-state index contributed by atoms with van der Waals surface area (Å²) >= 11 is 8.59. The van der Waals surface area contributed by atoms with Crippen LogP contribution in [0.25, 0.3) is 0 Å². The SMILES string of the molecule is CC#C[C@]1(O)CC[C@H]2C3CCC4=CC(=O)CCC4=C3[C@@H](c3ccc(CN(CCS)CC(=O)NCCS)cc3)C[C@@]21C. The Labute approximate surface area is 256 Å². The number of carbonyl (C=O) groups is 2. The molecule has 1 unspecified atom stereocenters. The van der Waals surface area contributed by atoms with Gasteiger partial charge < -0.3 is 10.4 Å². The smallest absolute Gasteiger partial charge is 0.234 e. The Kier molecular flexibility index (Phi) is 9.45. The number of thiol groups is 2. The van der Waals surface area contributed by atoms with Crippen LogP contribution in [0.4, 0.5) is 0 Å². The van der Waals surface area contributed by atoms with Crippen LogP contribution < -0.4 is 5.32 Å². The first-order valence-corrected chi connectivity index (χ1v) is 16.4. The summed E-state index contributed by atoms with van der Waals surface area (Å²) in [7, 11) is 0. The third kappa shape index (κ3) is 5.95. The molecule has 0 bridgehead atoms. The zero-order chi connectivity index (χ0) is 29.2. The number of nitrogens with zero attached hydrogens (tertiary/aromatic N) is 1. The molecule has 1 aromatic rings. The first-order valence-electron chi connectivity index (χ1n) is 15.2. The van der Waals surface area contributed by atoms with Crippen molar-refractivity contribution in [3.63, 3.8) is 0 Å². The Morgan fingerprint density at radius 1 is 1.15 bits per heavy atom. The van der Waals surface area contributed by atoms with Gasteiger partial charge in [0.2, 0.25) is 5.91 Å². The van der Waals surface area contributed by atoms with Gasteiger partial charge in [0.05, 0.1) is 6.54 Å². The highest BCUT2D eigenvalue weighted by molar-refractivity contribution is 7.80. The van der Waals surface area contributed by atoms with Crippen molar-refractivity contribution in [3.8, 4) is 11.8 Å². The van der Waals surface area contributed by atoms with Crippen molar-refractivity contribution in [3.05, 3.63) is 58.2 Å². The second kappa shape index (κ2) is 12.7. The third-order valence-electron chi connectivity index (χ3n) is 10.2. The highest BCUT2D eigenvalue weighted by atomic mass is 32.1. The molecule has 4 aliphatic rings. The summed E-state index contributed by atoms with van der Waals surface area (Å²) in [5, 5.41) is 14.8. The standard InChI is InChI=1S/C34H44N2O3S2/c1-3-13-34(39)14-12-30-28-10-8-25-19-26(37)9-11-27(25)32(28)29(20-33(30,34)2)24-6-4-23(5-7-24)21-36(16-18-41)22-31(38)35-15-17-40/h4-7,19,28-30,39-41H,8-12,14-18,20-22H2,1-2H3,(H,35,38)/t28?,29-,30+,33+,34+/m1/s1. The van der Waals surface area contributed by atoms with Crippen molar-refractivity contribution in [2.75, 3.05) is 31.1 Å². The monoisotopic (exact) mass is 592 g/mol. The first kappa shape index (κ1) is 30.5. The Hall–Kier alpha value is -1.98. The summed E-state index contributed by atoms with van der Waals surface area (Å²) in [6.07, 6.45) is 7.91. The molecule has 5 nitrogen and oxygen atoms in total. The molecule has 7 heteroatoms. The van der Waals surface area contributed by atoms with Gasteiger partial charge in [-0.3, -0.25) is 14.5 Å². The Morgan fingerprint density at radius 3 is 2.63 bits per heavy atom. The van der Waals surface area contributed by atoms with Crippen molar-refractivity contribution in [1.29, 1.82) is 0 Å². The van der Waals surface area contributed by atoms with Crippen LogP contribution >= 0.6 is 25.3 Å². The van der Waals surface area contributed by atoms with E-state index in [1.807, 2.05) is 13.0 Å². The highest BCUT2D eigenvalue weighted by Crippen LogP contribution is 2.66. The maximum absolute atomic E-state index is 12.4. The van der Waals surface area contributed by atoms with E-state index in [4.69, 9.17) is 0 Å². The number of amides is 1. The topological polar surface area (TPSA) is 69.6 Å². The lowest BCUT2D eigenvalue weighted by Gasteiger charge is -2.53. The quantitative estimate of drug-likeness (QED) is 0.238. The second-order valence-electron chi connectivity index (χ2n) is 12.5. The summed E-state index contributed by atoms with van der Waals surface area (Å²) in [6.45, 7) is 6.42. The van der Waals surface area contributed by atoms with Gasteiger partial charge in [-0.15, -0.1) is 5.92 Å². The van der Waals surface area contributed by atoms with E-state index in [2.05, 4.69) is 78.5 Å². The summed E-state index contributed by atoms with van der Waals surface area (Å²) < 4.78 is 0. The molecule has 1 amide bonds. The maximum Gasteiger partial charge on any atom is 0.234 e. The number of fused-ring (bicyclic) bond motifs is 4. The van der Waals surface area contributed by atoms with Gasteiger partial charge in [-0.1, -0.05) is 42.7 Å². The average Bonchev–Trinajstić information content (AvgIpc) is 3.21. The third-order valence-corrected chi connectivity index (χ3v) is 10.6. The van der Waals surface area contributed by atoms with E-state index >= 15 is 0 Å². The fourth-order valence-corrected chi connectivity index (χ4v) is 8.69. The summed E-state index contributed by atoms with van der Waals surface area (Å²) in [6, 6.07) is 8.88. The lowest BCUT2D eigenvalue weighted by molar-refractivity contribution is -0.122. The van der Waals surface area contributed by atoms with Crippen molar-refractivity contribution < 1.29 is 14.7 Å². The zero-order valence-corrected chi connectivity index (χ0v) is 26.2. The molecule has 5 atom stereocenters. The van der Waals surface area contributed by atoms with E-state index in [-0.39, 0.29) is 23.0 Å². The zero-order valence-electron chi connectivity index (χ0n) is 24.4. The normalized spacial score (nSPS) is 30.6. The number of carbonyl (C=O) groups excluding carboxylic acids is 2. The summed E-state index contributed by atoms with van der Waals surface area (Å²) in [5.41, 5.74) is 5.36.